The molecule has 1 N–H and O–H groups in total. The fourth-order valence-electron chi connectivity index (χ4n) is 1.77. The molecule has 0 aliphatic heterocycles. The molecule has 0 radical (unpaired) electrons. The minimum Gasteiger partial charge on any atom is -0.383 e. The lowest BCUT2D eigenvalue weighted by molar-refractivity contribution is 0.189. The quantitative estimate of drug-likeness (QED) is 0.718. The predicted octanol–water partition coefficient (Wildman–Crippen LogP) is 2.28. The third-order valence-corrected chi connectivity index (χ3v) is 2.88. The van der Waals surface area contributed by atoms with Gasteiger partial charge in [-0.3, -0.25) is 0 Å². The van der Waals surface area contributed by atoms with Crippen molar-refractivity contribution >= 4 is 11.6 Å². The van der Waals surface area contributed by atoms with E-state index in [1.165, 1.54) is 0 Å². The Kier molecular flexibility index (Phi) is 7.92. The van der Waals surface area contributed by atoms with Crippen molar-refractivity contribution in [2.75, 3.05) is 57.3 Å². The van der Waals surface area contributed by atoms with Crippen molar-refractivity contribution in [3.8, 4) is 0 Å². The van der Waals surface area contributed by atoms with Gasteiger partial charge in [0.15, 0.2) is 23.3 Å². The molecule has 0 saturated carbocycles. The van der Waals surface area contributed by atoms with Crippen LogP contribution in [0.3, 0.4) is 0 Å². The number of pyridine rings is 1. The van der Waals surface area contributed by atoms with Crippen molar-refractivity contribution in [3.05, 3.63) is 17.7 Å². The van der Waals surface area contributed by atoms with Gasteiger partial charge in [-0.15, -0.1) is 0 Å². The lowest BCUT2D eigenvalue weighted by atomic mass is 10.3. The van der Waals surface area contributed by atoms with Gasteiger partial charge < -0.3 is 19.7 Å². The number of hydrogen-bond donors (Lipinski definition) is 1. The highest BCUT2D eigenvalue weighted by Crippen LogP contribution is 2.22. The summed E-state index contributed by atoms with van der Waals surface area (Å²) in [4.78, 5) is 5.75. The third kappa shape index (κ3) is 5.43. The van der Waals surface area contributed by atoms with E-state index in [1.807, 2.05) is 6.92 Å². The first-order chi connectivity index (χ1) is 10.1. The van der Waals surface area contributed by atoms with Crippen LogP contribution in [0.2, 0.25) is 0 Å². The van der Waals surface area contributed by atoms with Gasteiger partial charge in [-0.2, -0.15) is 0 Å². The van der Waals surface area contributed by atoms with E-state index in [0.29, 0.717) is 32.8 Å². The maximum absolute atomic E-state index is 14.0. The molecule has 1 rings (SSSR count). The SMILES string of the molecule is CCCNc1nc(N(CCOC)CCOC)c(F)cc1F. The number of halogens is 2. The zero-order chi connectivity index (χ0) is 15.7. The van der Waals surface area contributed by atoms with E-state index >= 15 is 0 Å². The first-order valence-corrected chi connectivity index (χ1v) is 6.96. The molecule has 0 spiro atoms. The molecular formula is C14H23F2N3O2. The molecule has 0 aromatic carbocycles. The minimum absolute atomic E-state index is 0.0630. The van der Waals surface area contributed by atoms with Crippen LogP contribution in [0.25, 0.3) is 0 Å². The van der Waals surface area contributed by atoms with Crippen molar-refractivity contribution in [3.63, 3.8) is 0 Å². The number of rotatable bonds is 10. The molecule has 1 aromatic heterocycles. The summed E-state index contributed by atoms with van der Waals surface area (Å²) >= 11 is 0. The second kappa shape index (κ2) is 9.46. The van der Waals surface area contributed by atoms with Crippen LogP contribution in [-0.4, -0.2) is 52.1 Å². The number of nitrogens with zero attached hydrogens (tertiary/aromatic N) is 2. The van der Waals surface area contributed by atoms with Crippen molar-refractivity contribution in [2.24, 2.45) is 0 Å². The summed E-state index contributed by atoms with van der Waals surface area (Å²) in [6.07, 6.45) is 0.824. The summed E-state index contributed by atoms with van der Waals surface area (Å²) in [5.41, 5.74) is 0. The Balaban J connectivity index is 2.98. The second-order valence-corrected chi connectivity index (χ2v) is 4.52. The molecule has 0 bridgehead atoms. The molecule has 7 heteroatoms. The van der Waals surface area contributed by atoms with Gasteiger partial charge in [-0.25, -0.2) is 13.8 Å². The first kappa shape index (κ1) is 17.6. The van der Waals surface area contributed by atoms with Crippen molar-refractivity contribution in [1.82, 2.24) is 4.98 Å². The van der Waals surface area contributed by atoms with E-state index in [2.05, 4.69) is 10.3 Å². The summed E-state index contributed by atoms with van der Waals surface area (Å²) in [5.74, 6) is -1.22. The molecule has 0 fully saturated rings. The van der Waals surface area contributed by atoms with Gasteiger partial charge >= 0.3 is 0 Å². The van der Waals surface area contributed by atoms with Crippen LogP contribution in [0, 0.1) is 11.6 Å². The summed E-state index contributed by atoms with van der Waals surface area (Å²) in [5, 5.41) is 2.86. The minimum atomic E-state index is -0.693. The number of anilines is 2. The Bertz CT molecular complexity index is 425. The van der Waals surface area contributed by atoms with E-state index in [0.717, 1.165) is 12.5 Å². The lowest BCUT2D eigenvalue weighted by Crippen LogP contribution is -2.32. The molecule has 0 aliphatic carbocycles. The van der Waals surface area contributed by atoms with Crippen LogP contribution in [0.1, 0.15) is 13.3 Å². The van der Waals surface area contributed by atoms with Crippen LogP contribution < -0.4 is 10.2 Å². The molecule has 0 unspecified atom stereocenters. The largest absolute Gasteiger partial charge is 0.383 e. The van der Waals surface area contributed by atoms with Gasteiger partial charge in [0.25, 0.3) is 0 Å². The fourth-order valence-corrected chi connectivity index (χ4v) is 1.77. The molecular weight excluding hydrogens is 280 g/mol. The molecule has 21 heavy (non-hydrogen) atoms. The van der Waals surface area contributed by atoms with E-state index in [4.69, 9.17) is 9.47 Å². The predicted molar refractivity (Wildman–Crippen MR) is 78.9 cm³/mol. The molecule has 0 saturated heterocycles. The number of hydrogen-bond acceptors (Lipinski definition) is 5. The highest BCUT2D eigenvalue weighted by molar-refractivity contribution is 5.49. The molecule has 1 aromatic rings. The van der Waals surface area contributed by atoms with Crippen molar-refractivity contribution in [1.29, 1.82) is 0 Å². The van der Waals surface area contributed by atoms with Crippen LogP contribution in [0.5, 0.6) is 0 Å². The normalized spacial score (nSPS) is 10.7. The first-order valence-electron chi connectivity index (χ1n) is 6.96. The Morgan fingerprint density at radius 3 is 2.29 bits per heavy atom. The summed E-state index contributed by atoms with van der Waals surface area (Å²) in [7, 11) is 3.13. The Morgan fingerprint density at radius 2 is 1.76 bits per heavy atom. The lowest BCUT2D eigenvalue weighted by Gasteiger charge is -2.24. The Labute approximate surface area is 124 Å². The average Bonchev–Trinajstić information content (AvgIpc) is 2.47. The highest BCUT2D eigenvalue weighted by Gasteiger charge is 2.17. The van der Waals surface area contributed by atoms with E-state index in [1.54, 1.807) is 19.1 Å². The maximum Gasteiger partial charge on any atom is 0.168 e. The van der Waals surface area contributed by atoms with Crippen LogP contribution in [-0.2, 0) is 9.47 Å². The molecule has 1 heterocycles. The Hall–Kier alpha value is -1.47. The van der Waals surface area contributed by atoms with E-state index in [9.17, 15) is 8.78 Å². The standard InChI is InChI=1S/C14H23F2N3O2/c1-4-5-17-13-11(15)10-12(16)14(18-13)19(6-8-20-2)7-9-21-3/h10H,4-9H2,1-3H3,(H,17,18). The summed E-state index contributed by atoms with van der Waals surface area (Å²) in [6, 6.07) is 0.854. The molecule has 5 nitrogen and oxygen atoms in total. The third-order valence-electron chi connectivity index (χ3n) is 2.88. The van der Waals surface area contributed by atoms with Gasteiger partial charge in [0.2, 0.25) is 0 Å². The number of ether oxygens (including phenoxy) is 2. The van der Waals surface area contributed by atoms with Crippen molar-refractivity contribution in [2.45, 2.75) is 13.3 Å². The molecule has 0 atom stereocenters. The fraction of sp³-hybridized carbons (Fsp3) is 0.643. The Morgan fingerprint density at radius 1 is 1.14 bits per heavy atom. The zero-order valence-electron chi connectivity index (χ0n) is 12.8. The maximum atomic E-state index is 14.0. The highest BCUT2D eigenvalue weighted by atomic mass is 19.1. The van der Waals surface area contributed by atoms with Crippen LogP contribution in [0.15, 0.2) is 6.07 Å². The van der Waals surface area contributed by atoms with Gasteiger partial charge in [0.05, 0.1) is 13.2 Å². The second-order valence-electron chi connectivity index (χ2n) is 4.52. The van der Waals surface area contributed by atoms with Crippen LogP contribution in [0.4, 0.5) is 20.4 Å². The van der Waals surface area contributed by atoms with Gasteiger partial charge in [-0.05, 0) is 6.42 Å². The van der Waals surface area contributed by atoms with Gasteiger partial charge in [-0.1, -0.05) is 6.92 Å². The topological polar surface area (TPSA) is 46.6 Å². The van der Waals surface area contributed by atoms with Crippen molar-refractivity contribution < 1.29 is 18.3 Å². The van der Waals surface area contributed by atoms with E-state index < -0.39 is 11.6 Å². The number of nitrogens with one attached hydrogen (secondary N) is 1. The molecule has 120 valence electrons. The number of aromatic nitrogens is 1. The molecule has 0 aliphatic rings. The molecule has 0 amide bonds. The summed E-state index contributed by atoms with van der Waals surface area (Å²) in [6.45, 7) is 4.26. The monoisotopic (exact) mass is 303 g/mol. The van der Waals surface area contributed by atoms with Gasteiger partial charge in [0.1, 0.15) is 0 Å². The zero-order valence-corrected chi connectivity index (χ0v) is 12.8. The average molecular weight is 303 g/mol. The van der Waals surface area contributed by atoms with Gasteiger partial charge in [0, 0.05) is 39.9 Å². The smallest absolute Gasteiger partial charge is 0.168 e. The summed E-state index contributed by atoms with van der Waals surface area (Å²) < 4.78 is 37.7. The number of methoxy groups -OCH3 is 2. The van der Waals surface area contributed by atoms with Crippen LogP contribution >= 0.6 is 0 Å². The van der Waals surface area contributed by atoms with E-state index in [-0.39, 0.29) is 11.6 Å².